The molecule has 1 aliphatic carbocycles. The summed E-state index contributed by atoms with van der Waals surface area (Å²) in [5.41, 5.74) is 1.73. The minimum Gasteiger partial charge on any atom is -0.554 e. The third-order valence-corrected chi connectivity index (χ3v) is 7.22. The minimum atomic E-state index is -1.24. The minimum absolute atomic E-state index is 0.0244. The van der Waals surface area contributed by atoms with Crippen molar-refractivity contribution in [2.45, 2.75) is 31.8 Å². The molecule has 0 radical (unpaired) electrons. The highest BCUT2D eigenvalue weighted by atomic mass is 19.2. The molecule has 0 saturated heterocycles. The molecule has 1 fully saturated rings. The van der Waals surface area contributed by atoms with Crippen molar-refractivity contribution in [3.63, 3.8) is 0 Å². The zero-order valence-corrected chi connectivity index (χ0v) is 25.8. The van der Waals surface area contributed by atoms with Crippen LogP contribution in [0.4, 0.5) is 14.5 Å². The van der Waals surface area contributed by atoms with Crippen LogP contribution in [0.2, 0.25) is 0 Å². The number of halogens is 2. The number of likely N-dealkylation sites (N-methyl/N-ethyl adjacent to an activating group) is 1. The van der Waals surface area contributed by atoms with Gasteiger partial charge in [-0.05, 0) is 55.7 Å². The van der Waals surface area contributed by atoms with E-state index >= 15 is 0 Å². The van der Waals surface area contributed by atoms with Crippen LogP contribution < -0.4 is 25.8 Å². The zero-order chi connectivity index (χ0) is 33.3. The van der Waals surface area contributed by atoms with Crippen LogP contribution >= 0.6 is 0 Å². The number of carboxylic acid groups (broad SMARTS) is 1. The van der Waals surface area contributed by atoms with Crippen LogP contribution in [0.5, 0.6) is 5.75 Å². The number of rotatable bonds is 11. The van der Waals surface area contributed by atoms with E-state index in [0.29, 0.717) is 22.9 Å². The Morgan fingerprint density at radius 1 is 1.16 bits per heavy atom. The highest BCUT2D eigenvalue weighted by Crippen LogP contribution is 2.30. The van der Waals surface area contributed by atoms with Crippen molar-refractivity contribution in [3.05, 3.63) is 65.1 Å². The molecule has 0 spiro atoms. The Morgan fingerprint density at radius 2 is 1.84 bits per heavy atom. The highest BCUT2D eigenvalue weighted by molar-refractivity contribution is 6.03. The van der Waals surface area contributed by atoms with Crippen molar-refractivity contribution >= 4 is 24.0 Å². The van der Waals surface area contributed by atoms with E-state index in [9.17, 15) is 18.4 Å². The molecule has 2 aromatic carbocycles. The lowest BCUT2D eigenvalue weighted by molar-refractivity contribution is -0.869. The van der Waals surface area contributed by atoms with Gasteiger partial charge in [-0.3, -0.25) is 9.59 Å². The summed E-state index contributed by atoms with van der Waals surface area (Å²) >= 11 is 0. The quantitative estimate of drug-likeness (QED) is 0.215. The van der Waals surface area contributed by atoms with Crippen LogP contribution in [-0.2, 0) is 11.8 Å². The smallest absolute Gasteiger partial charge is 0.291 e. The molecule has 14 heteroatoms. The zero-order valence-electron chi connectivity index (χ0n) is 25.8. The standard InChI is InChI=1S/C30H35F2N7O3.CH2O2/c1-18-14-19(6-7-22(18)29(40)37-21-15-20(16-21)34-11-12-39(3,4)5)36-30(41)28-35-17-24(38(28)2)23-8-9-25(42-13-10-33)27(32)26(23)31;2-1-3/h6-9,14,17,20-21,34H,11-13,15-16H2,1-5H3,(H-,36,37,40,41);1H,(H,2,3). The third-order valence-electron chi connectivity index (χ3n) is 7.22. The Morgan fingerprint density at radius 3 is 2.47 bits per heavy atom. The molecule has 0 aliphatic heterocycles. The topological polar surface area (TPSA) is 161 Å². The summed E-state index contributed by atoms with van der Waals surface area (Å²) in [4.78, 5) is 38.2. The van der Waals surface area contributed by atoms with Crippen LogP contribution in [0.3, 0.4) is 0 Å². The summed E-state index contributed by atoms with van der Waals surface area (Å²) in [6, 6.07) is 9.72. The number of nitrogens with one attached hydrogen (secondary N) is 3. The molecule has 1 aliphatic rings. The Labute approximate surface area is 260 Å². The van der Waals surface area contributed by atoms with Crippen LogP contribution in [-0.4, -0.2) is 85.2 Å². The summed E-state index contributed by atoms with van der Waals surface area (Å²) in [5.74, 6) is -3.55. The Balaban J connectivity index is 0.00000177. The summed E-state index contributed by atoms with van der Waals surface area (Å²) in [7, 11) is 7.98. The number of anilines is 1. The normalized spacial score (nSPS) is 15.5. The molecule has 45 heavy (non-hydrogen) atoms. The van der Waals surface area contributed by atoms with Gasteiger partial charge in [-0.2, -0.15) is 9.65 Å². The highest BCUT2D eigenvalue weighted by Gasteiger charge is 2.30. The van der Waals surface area contributed by atoms with Crippen molar-refractivity contribution in [3.8, 4) is 23.1 Å². The summed E-state index contributed by atoms with van der Waals surface area (Å²) in [6.07, 6.45) is 3.04. The maximum absolute atomic E-state index is 14.8. The average Bonchev–Trinajstić information content (AvgIpc) is 3.33. The van der Waals surface area contributed by atoms with Crippen molar-refractivity contribution in [2.24, 2.45) is 7.05 Å². The number of imidazole rings is 1. The van der Waals surface area contributed by atoms with Crippen LogP contribution in [0, 0.1) is 29.9 Å². The molecule has 0 atom stereocenters. The van der Waals surface area contributed by atoms with E-state index in [-0.39, 0.29) is 34.8 Å². The lowest BCUT2D eigenvalue weighted by Gasteiger charge is -2.37. The van der Waals surface area contributed by atoms with Crippen molar-refractivity contribution < 1.29 is 37.5 Å². The molecule has 240 valence electrons. The molecule has 4 rings (SSSR count). The molecule has 2 amide bonds. The van der Waals surface area contributed by atoms with Gasteiger partial charge in [-0.25, -0.2) is 9.37 Å². The molecule has 3 aromatic rings. The van der Waals surface area contributed by atoms with E-state index in [1.807, 2.05) is 0 Å². The predicted molar refractivity (Wildman–Crippen MR) is 160 cm³/mol. The van der Waals surface area contributed by atoms with Gasteiger partial charge < -0.3 is 39.6 Å². The first-order chi connectivity index (χ1) is 21.3. The number of benzene rings is 2. The van der Waals surface area contributed by atoms with E-state index in [0.717, 1.165) is 30.4 Å². The van der Waals surface area contributed by atoms with E-state index in [1.165, 1.54) is 29.9 Å². The first-order valence-electron chi connectivity index (χ1n) is 14.1. The van der Waals surface area contributed by atoms with E-state index in [4.69, 9.17) is 19.9 Å². The van der Waals surface area contributed by atoms with Gasteiger partial charge in [0.1, 0.15) is 6.07 Å². The molecule has 0 unspecified atom stereocenters. The molecular weight excluding hydrogens is 588 g/mol. The number of nitriles is 1. The van der Waals surface area contributed by atoms with Gasteiger partial charge in [0.25, 0.3) is 11.8 Å². The maximum atomic E-state index is 14.8. The van der Waals surface area contributed by atoms with Crippen LogP contribution in [0.25, 0.3) is 11.3 Å². The van der Waals surface area contributed by atoms with E-state index in [1.54, 1.807) is 31.2 Å². The molecule has 0 bridgehead atoms. The molecule has 1 heterocycles. The van der Waals surface area contributed by atoms with Crippen molar-refractivity contribution in [1.29, 1.82) is 5.26 Å². The molecule has 12 nitrogen and oxygen atoms in total. The van der Waals surface area contributed by atoms with Crippen LogP contribution in [0.1, 0.15) is 39.4 Å². The number of quaternary nitrogens is 1. The molecule has 1 saturated carbocycles. The second-order valence-electron chi connectivity index (χ2n) is 11.6. The summed E-state index contributed by atoms with van der Waals surface area (Å²) in [5, 5.41) is 26.2. The third kappa shape index (κ3) is 9.07. The van der Waals surface area contributed by atoms with Crippen molar-refractivity contribution in [2.75, 3.05) is 46.2 Å². The van der Waals surface area contributed by atoms with Gasteiger partial charge in [-0.15, -0.1) is 0 Å². The number of aromatic nitrogens is 2. The number of amides is 2. The number of hydrogen-bond acceptors (Lipinski definition) is 8. The number of nitrogens with zero attached hydrogens (tertiary/aromatic N) is 4. The largest absolute Gasteiger partial charge is 0.554 e. The van der Waals surface area contributed by atoms with Gasteiger partial charge in [0, 0.05) is 49.0 Å². The first kappa shape index (κ1) is 34.6. The number of hydrogen-bond donors (Lipinski definition) is 3. The average molecular weight is 626 g/mol. The first-order valence-corrected chi connectivity index (χ1v) is 14.1. The monoisotopic (exact) mass is 625 g/mol. The van der Waals surface area contributed by atoms with Gasteiger partial charge in [0.05, 0.1) is 39.6 Å². The van der Waals surface area contributed by atoms with E-state index in [2.05, 4.69) is 42.1 Å². The van der Waals surface area contributed by atoms with Gasteiger partial charge in [0.15, 0.2) is 24.0 Å². The Kier molecular flexibility index (Phi) is 11.7. The summed E-state index contributed by atoms with van der Waals surface area (Å²) in [6.45, 7) is 2.83. The Bertz CT molecular complexity index is 1570. The second kappa shape index (κ2) is 15.2. The number of ether oxygens (including phenoxy) is 1. The number of carbonyl (C=O) groups excluding carboxylic acids is 3. The molecular formula is C31H37F2N7O5. The summed E-state index contributed by atoms with van der Waals surface area (Å²) < 4.78 is 36.3. The predicted octanol–water partition coefficient (Wildman–Crippen LogP) is 1.75. The van der Waals surface area contributed by atoms with Gasteiger partial charge in [-0.1, -0.05) is 0 Å². The van der Waals surface area contributed by atoms with Crippen LogP contribution in [0.15, 0.2) is 36.5 Å². The molecule has 3 N–H and O–H groups in total. The van der Waals surface area contributed by atoms with Crippen molar-refractivity contribution in [1.82, 2.24) is 20.2 Å². The fourth-order valence-corrected chi connectivity index (χ4v) is 4.77. The lowest BCUT2D eigenvalue weighted by atomic mass is 9.86. The Hall–Kier alpha value is -4.87. The van der Waals surface area contributed by atoms with E-state index < -0.39 is 30.6 Å². The van der Waals surface area contributed by atoms with Gasteiger partial charge in [0.2, 0.25) is 5.82 Å². The fourth-order valence-electron chi connectivity index (χ4n) is 4.77. The fraction of sp³-hybridized carbons (Fsp3) is 0.387. The lowest BCUT2D eigenvalue weighted by Crippen LogP contribution is -2.54. The van der Waals surface area contributed by atoms with Gasteiger partial charge >= 0.3 is 0 Å². The number of aryl methyl sites for hydroxylation is 1. The second-order valence-corrected chi connectivity index (χ2v) is 11.6. The SMILES string of the molecule is Cc1cc(NC(=O)c2ncc(-c3ccc(OCC#N)c(F)c3F)n2C)ccc1C(=O)NC1CC(NCC[N+](C)(C)C)C1.O=C[O-]. The number of carbonyl (C=O) groups is 3. The molecule has 1 aromatic heterocycles. The maximum Gasteiger partial charge on any atom is 0.291 e.